The zero-order chi connectivity index (χ0) is 13.1. The van der Waals surface area contributed by atoms with Crippen molar-refractivity contribution in [3.05, 3.63) is 22.9 Å². The molecule has 1 heterocycles. The van der Waals surface area contributed by atoms with E-state index in [1.165, 1.54) is 18.4 Å². The van der Waals surface area contributed by atoms with Crippen LogP contribution < -0.4 is 10.5 Å². The van der Waals surface area contributed by atoms with Gasteiger partial charge in [0.15, 0.2) is 0 Å². The number of amidine groups is 1. The number of nitrogens with one attached hydrogen (secondary N) is 1. The molecule has 0 fully saturated rings. The van der Waals surface area contributed by atoms with Crippen LogP contribution in [0, 0.1) is 11.3 Å². The molecule has 1 aromatic heterocycles. The average molecular weight is 247 g/mol. The maximum Gasteiger partial charge on any atom is 0.224 e. The number of ether oxygens (including phenoxy) is 1. The number of hydrogen-bond donors (Lipinski definition) is 2. The Morgan fingerprint density at radius 2 is 2.17 bits per heavy atom. The standard InChI is InChI=1S/C14H21N3O/c1-9(2)8-18-14-11(13(15)16)7-10-5-3-4-6-12(10)17-14/h7,9H,3-6,8H2,1-2H3,(H3,15,16). The van der Waals surface area contributed by atoms with Gasteiger partial charge in [0.1, 0.15) is 5.84 Å². The highest BCUT2D eigenvalue weighted by Gasteiger charge is 2.17. The molecule has 1 aliphatic rings. The van der Waals surface area contributed by atoms with Crippen LogP contribution in [0.15, 0.2) is 6.07 Å². The Morgan fingerprint density at radius 1 is 1.44 bits per heavy atom. The third kappa shape index (κ3) is 2.81. The maximum atomic E-state index is 7.64. The van der Waals surface area contributed by atoms with Gasteiger partial charge >= 0.3 is 0 Å². The summed E-state index contributed by atoms with van der Waals surface area (Å²) in [6.07, 6.45) is 4.42. The van der Waals surface area contributed by atoms with Gasteiger partial charge in [-0.05, 0) is 43.2 Å². The summed E-state index contributed by atoms with van der Waals surface area (Å²) in [6, 6.07) is 1.99. The summed E-state index contributed by atoms with van der Waals surface area (Å²) in [5, 5.41) is 7.64. The maximum absolute atomic E-state index is 7.64. The zero-order valence-electron chi connectivity index (χ0n) is 11.1. The number of aryl methyl sites for hydroxylation is 2. The molecule has 4 heteroatoms. The zero-order valence-corrected chi connectivity index (χ0v) is 11.1. The fraction of sp³-hybridized carbons (Fsp3) is 0.571. The van der Waals surface area contributed by atoms with E-state index in [0.717, 1.165) is 18.5 Å². The highest BCUT2D eigenvalue weighted by molar-refractivity contribution is 5.97. The molecule has 0 aromatic carbocycles. The molecule has 1 aliphatic carbocycles. The summed E-state index contributed by atoms with van der Waals surface area (Å²) in [7, 11) is 0. The van der Waals surface area contributed by atoms with E-state index < -0.39 is 0 Å². The summed E-state index contributed by atoms with van der Waals surface area (Å²) < 4.78 is 5.69. The van der Waals surface area contributed by atoms with Gasteiger partial charge in [0.25, 0.3) is 0 Å². The second-order valence-electron chi connectivity index (χ2n) is 5.27. The molecule has 1 aromatic rings. The van der Waals surface area contributed by atoms with E-state index in [2.05, 4.69) is 18.8 Å². The number of nitrogen functional groups attached to an aromatic ring is 1. The first-order valence-corrected chi connectivity index (χ1v) is 6.58. The average Bonchev–Trinajstić information content (AvgIpc) is 2.35. The molecule has 2 rings (SSSR count). The molecule has 0 saturated carbocycles. The smallest absolute Gasteiger partial charge is 0.224 e. The van der Waals surface area contributed by atoms with E-state index in [-0.39, 0.29) is 5.84 Å². The lowest BCUT2D eigenvalue weighted by Crippen LogP contribution is -2.18. The number of nitrogens with two attached hydrogens (primary N) is 1. The van der Waals surface area contributed by atoms with Crippen molar-refractivity contribution in [1.29, 1.82) is 5.41 Å². The van der Waals surface area contributed by atoms with Gasteiger partial charge in [-0.15, -0.1) is 0 Å². The third-order valence-corrected chi connectivity index (χ3v) is 3.11. The molecular formula is C14H21N3O. The molecule has 0 bridgehead atoms. The Hall–Kier alpha value is -1.58. The number of pyridine rings is 1. The lowest BCUT2D eigenvalue weighted by atomic mass is 9.95. The lowest BCUT2D eigenvalue weighted by Gasteiger charge is -2.19. The molecule has 0 radical (unpaired) electrons. The molecule has 0 spiro atoms. The third-order valence-electron chi connectivity index (χ3n) is 3.11. The second-order valence-corrected chi connectivity index (χ2v) is 5.27. The van der Waals surface area contributed by atoms with Crippen molar-refractivity contribution in [2.24, 2.45) is 11.7 Å². The summed E-state index contributed by atoms with van der Waals surface area (Å²) >= 11 is 0. The molecule has 98 valence electrons. The molecule has 18 heavy (non-hydrogen) atoms. The molecule has 0 saturated heterocycles. The van der Waals surface area contributed by atoms with Crippen LogP contribution in [0.25, 0.3) is 0 Å². The van der Waals surface area contributed by atoms with Gasteiger partial charge in [-0.25, -0.2) is 4.98 Å². The number of fused-ring (bicyclic) bond motifs is 1. The number of hydrogen-bond acceptors (Lipinski definition) is 3. The van der Waals surface area contributed by atoms with E-state index in [4.69, 9.17) is 15.9 Å². The fourth-order valence-corrected chi connectivity index (χ4v) is 2.16. The van der Waals surface area contributed by atoms with Crippen LogP contribution in [-0.2, 0) is 12.8 Å². The van der Waals surface area contributed by atoms with Crippen molar-refractivity contribution >= 4 is 5.84 Å². The molecular weight excluding hydrogens is 226 g/mol. The van der Waals surface area contributed by atoms with Crippen LogP contribution in [0.4, 0.5) is 0 Å². The predicted molar refractivity (Wildman–Crippen MR) is 72.2 cm³/mol. The molecule has 0 amide bonds. The van der Waals surface area contributed by atoms with Crippen LogP contribution in [0.1, 0.15) is 43.5 Å². The van der Waals surface area contributed by atoms with Crippen molar-refractivity contribution in [3.8, 4) is 5.88 Å². The molecule has 4 nitrogen and oxygen atoms in total. The van der Waals surface area contributed by atoms with Crippen LogP contribution in [0.5, 0.6) is 5.88 Å². The van der Waals surface area contributed by atoms with Gasteiger partial charge in [-0.1, -0.05) is 13.8 Å². The normalized spacial score (nSPS) is 14.4. The Labute approximate surface area is 108 Å². The fourth-order valence-electron chi connectivity index (χ4n) is 2.16. The van der Waals surface area contributed by atoms with Crippen molar-refractivity contribution in [2.75, 3.05) is 6.61 Å². The minimum Gasteiger partial charge on any atom is -0.477 e. The van der Waals surface area contributed by atoms with Crippen molar-refractivity contribution in [1.82, 2.24) is 4.98 Å². The van der Waals surface area contributed by atoms with Crippen LogP contribution >= 0.6 is 0 Å². The predicted octanol–water partition coefficient (Wildman–Crippen LogP) is 2.28. The van der Waals surface area contributed by atoms with Crippen molar-refractivity contribution < 1.29 is 4.74 Å². The Morgan fingerprint density at radius 3 is 2.83 bits per heavy atom. The van der Waals surface area contributed by atoms with E-state index in [1.807, 2.05) is 6.07 Å². The minimum absolute atomic E-state index is 0.0367. The van der Waals surface area contributed by atoms with Gasteiger partial charge in [-0.3, -0.25) is 5.41 Å². The highest BCUT2D eigenvalue weighted by atomic mass is 16.5. The largest absolute Gasteiger partial charge is 0.477 e. The van der Waals surface area contributed by atoms with Gasteiger partial charge in [-0.2, -0.15) is 0 Å². The first-order valence-electron chi connectivity index (χ1n) is 6.58. The van der Waals surface area contributed by atoms with Crippen LogP contribution in [0.2, 0.25) is 0 Å². The van der Waals surface area contributed by atoms with E-state index in [1.54, 1.807) is 0 Å². The lowest BCUT2D eigenvalue weighted by molar-refractivity contribution is 0.260. The van der Waals surface area contributed by atoms with Crippen molar-refractivity contribution in [3.63, 3.8) is 0 Å². The van der Waals surface area contributed by atoms with Gasteiger partial charge in [0, 0.05) is 5.69 Å². The number of rotatable bonds is 4. The van der Waals surface area contributed by atoms with Gasteiger partial charge in [0.2, 0.25) is 5.88 Å². The SMILES string of the molecule is CC(C)COc1nc2c(cc1C(=N)N)CCCC2. The van der Waals surface area contributed by atoms with E-state index >= 15 is 0 Å². The van der Waals surface area contributed by atoms with Crippen LogP contribution in [-0.4, -0.2) is 17.4 Å². The summed E-state index contributed by atoms with van der Waals surface area (Å²) in [4.78, 5) is 4.56. The van der Waals surface area contributed by atoms with Gasteiger partial charge < -0.3 is 10.5 Å². The van der Waals surface area contributed by atoms with Crippen molar-refractivity contribution in [2.45, 2.75) is 39.5 Å². The van der Waals surface area contributed by atoms with Crippen LogP contribution in [0.3, 0.4) is 0 Å². The van der Waals surface area contributed by atoms with Gasteiger partial charge in [0.05, 0.1) is 12.2 Å². The Kier molecular flexibility index (Phi) is 3.84. The van der Waals surface area contributed by atoms with E-state index in [0.29, 0.717) is 24.0 Å². The summed E-state index contributed by atoms with van der Waals surface area (Å²) in [5.74, 6) is 0.995. The number of nitrogens with zero attached hydrogens (tertiary/aromatic N) is 1. The Balaban J connectivity index is 2.33. The minimum atomic E-state index is 0.0367. The monoisotopic (exact) mass is 247 g/mol. The first kappa shape index (κ1) is 12.9. The molecule has 0 unspecified atom stereocenters. The highest BCUT2D eigenvalue weighted by Crippen LogP contribution is 2.26. The first-order chi connectivity index (χ1) is 8.58. The topological polar surface area (TPSA) is 72.0 Å². The quantitative estimate of drug-likeness (QED) is 0.633. The Bertz CT molecular complexity index is 455. The number of aromatic nitrogens is 1. The van der Waals surface area contributed by atoms with E-state index in [9.17, 15) is 0 Å². The summed E-state index contributed by atoms with van der Waals surface area (Å²) in [5.41, 5.74) is 8.59. The molecule has 0 atom stereocenters. The second kappa shape index (κ2) is 5.38. The molecule has 0 aliphatic heterocycles. The molecule has 3 N–H and O–H groups in total. The summed E-state index contributed by atoms with van der Waals surface area (Å²) in [6.45, 7) is 4.78.